The monoisotopic (exact) mass is 170 g/mol. The van der Waals surface area contributed by atoms with Crippen molar-refractivity contribution in [3.63, 3.8) is 0 Å². The molecule has 0 fully saturated rings. The Balaban J connectivity index is 2.48. The molecule has 0 aliphatic rings. The van der Waals surface area contributed by atoms with Gasteiger partial charge in [0.25, 0.3) is 0 Å². The van der Waals surface area contributed by atoms with Crippen molar-refractivity contribution in [1.29, 1.82) is 0 Å². The van der Waals surface area contributed by atoms with E-state index >= 15 is 0 Å². The summed E-state index contributed by atoms with van der Waals surface area (Å²) in [5, 5.41) is 0. The van der Waals surface area contributed by atoms with E-state index in [1.54, 1.807) is 6.07 Å². The lowest BCUT2D eigenvalue weighted by atomic mass is 10.1. The molecule has 0 aliphatic carbocycles. The van der Waals surface area contributed by atoms with Gasteiger partial charge < -0.3 is 4.98 Å². The van der Waals surface area contributed by atoms with Crippen molar-refractivity contribution in [2.45, 2.75) is 0 Å². The van der Waals surface area contributed by atoms with Crippen LogP contribution in [0, 0.1) is 6.20 Å². The lowest BCUT2D eigenvalue weighted by Crippen LogP contribution is -2.01. The lowest BCUT2D eigenvalue weighted by molar-refractivity contribution is 1.23. The molecule has 0 amide bonds. The van der Waals surface area contributed by atoms with Crippen LogP contribution in [0.25, 0.3) is 11.1 Å². The molecule has 0 bridgehead atoms. The highest BCUT2D eigenvalue weighted by molar-refractivity contribution is 5.61. The van der Waals surface area contributed by atoms with Gasteiger partial charge in [0.1, 0.15) is 0 Å². The van der Waals surface area contributed by atoms with Gasteiger partial charge in [0.05, 0.1) is 6.20 Å². The number of aromatic nitrogens is 1. The van der Waals surface area contributed by atoms with Gasteiger partial charge in [0.15, 0.2) is 0 Å². The molecule has 13 heavy (non-hydrogen) atoms. The zero-order valence-electron chi connectivity index (χ0n) is 6.95. The zero-order chi connectivity index (χ0) is 9.10. The van der Waals surface area contributed by atoms with Gasteiger partial charge in [-0.1, -0.05) is 30.3 Å². The number of nitrogens with one attached hydrogen (secondary N) is 1. The topological polar surface area (TPSA) is 32.9 Å². The highest BCUT2D eigenvalue weighted by Crippen LogP contribution is 2.14. The van der Waals surface area contributed by atoms with Crippen LogP contribution in [0.3, 0.4) is 0 Å². The molecule has 1 N–H and O–H groups in total. The number of hydrogen-bond acceptors (Lipinski definition) is 1. The molecule has 0 atom stereocenters. The maximum absolute atomic E-state index is 10.8. The molecule has 1 radical (unpaired) electrons. The van der Waals surface area contributed by atoms with Gasteiger partial charge in [-0.05, 0) is 11.6 Å². The van der Waals surface area contributed by atoms with Crippen molar-refractivity contribution in [3.05, 3.63) is 59.0 Å². The van der Waals surface area contributed by atoms with E-state index in [2.05, 4.69) is 11.2 Å². The van der Waals surface area contributed by atoms with Crippen molar-refractivity contribution in [3.8, 4) is 11.1 Å². The van der Waals surface area contributed by atoms with Gasteiger partial charge >= 0.3 is 0 Å². The first-order valence-corrected chi connectivity index (χ1v) is 4.03. The highest BCUT2D eigenvalue weighted by Gasteiger charge is 1.94. The maximum Gasteiger partial charge on any atom is 0.248 e. The van der Waals surface area contributed by atoms with Crippen LogP contribution in [0.2, 0.25) is 0 Å². The second kappa shape index (κ2) is 3.27. The van der Waals surface area contributed by atoms with Crippen LogP contribution in [0.5, 0.6) is 0 Å². The average molecular weight is 170 g/mol. The molecule has 1 aromatic heterocycles. The van der Waals surface area contributed by atoms with Crippen LogP contribution in [0.4, 0.5) is 0 Å². The van der Waals surface area contributed by atoms with Crippen molar-refractivity contribution in [2.75, 3.05) is 0 Å². The van der Waals surface area contributed by atoms with Crippen molar-refractivity contribution < 1.29 is 0 Å². The molecule has 0 spiro atoms. The van der Waals surface area contributed by atoms with Gasteiger partial charge in [-0.15, -0.1) is 0 Å². The third-order valence-corrected chi connectivity index (χ3v) is 1.81. The fourth-order valence-electron chi connectivity index (χ4n) is 1.16. The minimum absolute atomic E-state index is 0.125. The Labute approximate surface area is 75.9 Å². The SMILES string of the molecule is O=c1ccc(-c2ccccc2)[c][nH]1. The molecule has 2 nitrogen and oxygen atoms in total. The van der Waals surface area contributed by atoms with Gasteiger partial charge in [-0.2, -0.15) is 0 Å². The van der Waals surface area contributed by atoms with E-state index < -0.39 is 0 Å². The summed E-state index contributed by atoms with van der Waals surface area (Å²) in [7, 11) is 0. The van der Waals surface area contributed by atoms with Crippen LogP contribution >= 0.6 is 0 Å². The standard InChI is InChI=1S/C11H8NO/c13-11-7-6-10(8-12-11)9-4-2-1-3-5-9/h1-7H,(H,12,13). The summed E-state index contributed by atoms with van der Waals surface area (Å²) >= 11 is 0. The first kappa shape index (κ1) is 7.80. The quantitative estimate of drug-likeness (QED) is 0.696. The summed E-state index contributed by atoms with van der Waals surface area (Å²) in [6.07, 6.45) is 2.82. The first-order chi connectivity index (χ1) is 6.36. The summed E-state index contributed by atoms with van der Waals surface area (Å²) < 4.78 is 0. The number of benzene rings is 1. The number of pyridine rings is 1. The predicted octanol–water partition coefficient (Wildman–Crippen LogP) is 1.84. The normalized spacial score (nSPS) is 9.85. The average Bonchev–Trinajstić information content (AvgIpc) is 2.20. The fraction of sp³-hybridized carbons (Fsp3) is 0. The Morgan fingerprint density at radius 2 is 1.77 bits per heavy atom. The van der Waals surface area contributed by atoms with E-state index in [1.807, 2.05) is 30.3 Å². The highest BCUT2D eigenvalue weighted by atomic mass is 16.1. The van der Waals surface area contributed by atoms with Crippen LogP contribution in [-0.2, 0) is 0 Å². The van der Waals surface area contributed by atoms with Gasteiger partial charge in [0.2, 0.25) is 5.56 Å². The van der Waals surface area contributed by atoms with Gasteiger partial charge in [-0.3, -0.25) is 4.79 Å². The summed E-state index contributed by atoms with van der Waals surface area (Å²) in [6, 6.07) is 13.1. The summed E-state index contributed by atoms with van der Waals surface area (Å²) in [4.78, 5) is 13.3. The summed E-state index contributed by atoms with van der Waals surface area (Å²) in [6.45, 7) is 0. The Morgan fingerprint density at radius 3 is 2.38 bits per heavy atom. The molecule has 0 saturated heterocycles. The smallest absolute Gasteiger partial charge is 0.248 e. The first-order valence-electron chi connectivity index (χ1n) is 4.03. The molecule has 1 aromatic carbocycles. The van der Waals surface area contributed by atoms with E-state index in [-0.39, 0.29) is 5.56 Å². The van der Waals surface area contributed by atoms with Crippen molar-refractivity contribution in [1.82, 2.24) is 4.98 Å². The maximum atomic E-state index is 10.8. The second-order valence-electron chi connectivity index (χ2n) is 2.73. The van der Waals surface area contributed by atoms with Crippen LogP contribution in [-0.4, -0.2) is 4.98 Å². The molecule has 0 aliphatic heterocycles. The van der Waals surface area contributed by atoms with E-state index in [9.17, 15) is 4.79 Å². The zero-order valence-corrected chi connectivity index (χ0v) is 6.95. The van der Waals surface area contributed by atoms with Crippen molar-refractivity contribution in [2.24, 2.45) is 0 Å². The summed E-state index contributed by atoms with van der Waals surface area (Å²) in [5.41, 5.74) is 1.83. The Bertz CT molecular complexity index is 425. The number of aromatic amines is 1. The van der Waals surface area contributed by atoms with Gasteiger partial charge in [0, 0.05) is 11.6 Å². The number of rotatable bonds is 1. The molecule has 63 valence electrons. The lowest BCUT2D eigenvalue weighted by Gasteiger charge is -1.97. The van der Waals surface area contributed by atoms with Crippen molar-refractivity contribution >= 4 is 0 Å². The van der Waals surface area contributed by atoms with E-state index in [0.717, 1.165) is 11.1 Å². The molecule has 2 aromatic rings. The third kappa shape index (κ3) is 1.67. The summed E-state index contributed by atoms with van der Waals surface area (Å²) in [5.74, 6) is 0. The molecule has 1 heterocycles. The predicted molar refractivity (Wildman–Crippen MR) is 51.3 cm³/mol. The second-order valence-corrected chi connectivity index (χ2v) is 2.73. The van der Waals surface area contributed by atoms with E-state index in [1.165, 1.54) is 6.07 Å². The Hall–Kier alpha value is -1.83. The van der Waals surface area contributed by atoms with E-state index in [4.69, 9.17) is 0 Å². The van der Waals surface area contributed by atoms with Crippen LogP contribution < -0.4 is 5.56 Å². The minimum atomic E-state index is -0.125. The van der Waals surface area contributed by atoms with E-state index in [0.29, 0.717) is 0 Å². The largest absolute Gasteiger partial charge is 0.320 e. The molecule has 2 rings (SSSR count). The van der Waals surface area contributed by atoms with Gasteiger partial charge in [-0.25, -0.2) is 0 Å². The minimum Gasteiger partial charge on any atom is -0.320 e. The number of hydrogen-bond donors (Lipinski definition) is 1. The molecular formula is C11H8NO. The third-order valence-electron chi connectivity index (χ3n) is 1.81. The molecular weight excluding hydrogens is 162 g/mol. The Kier molecular flexibility index (Phi) is 1.96. The fourth-order valence-corrected chi connectivity index (χ4v) is 1.16. The molecule has 0 saturated carbocycles. The molecule has 0 unspecified atom stereocenters. The Morgan fingerprint density at radius 1 is 1.00 bits per heavy atom. The number of H-pyrrole nitrogens is 1. The van der Waals surface area contributed by atoms with Crippen LogP contribution in [0.15, 0.2) is 47.3 Å². The molecule has 2 heteroatoms. The van der Waals surface area contributed by atoms with Crippen LogP contribution in [0.1, 0.15) is 0 Å².